The van der Waals surface area contributed by atoms with E-state index in [2.05, 4.69) is 0 Å². The zero-order valence-corrected chi connectivity index (χ0v) is 17.6. The topological polar surface area (TPSA) is 54.4 Å². The summed E-state index contributed by atoms with van der Waals surface area (Å²) in [6, 6.07) is 11.7. The van der Waals surface area contributed by atoms with Crippen molar-refractivity contribution in [3.05, 3.63) is 56.2 Å². The van der Waals surface area contributed by atoms with Gasteiger partial charge in [-0.25, -0.2) is 0 Å². The third kappa shape index (κ3) is 4.29. The Morgan fingerprint density at radius 1 is 1.18 bits per heavy atom. The first-order valence-electron chi connectivity index (χ1n) is 9.68. The first kappa shape index (κ1) is 19.9. The molecule has 2 aromatic rings. The number of benzene rings is 1. The zero-order chi connectivity index (χ0) is 19.8. The van der Waals surface area contributed by atoms with Gasteiger partial charge in [0.25, 0.3) is 0 Å². The highest BCUT2D eigenvalue weighted by atomic mass is 35.5. The summed E-state index contributed by atoms with van der Waals surface area (Å²) in [4.78, 5) is 25.9. The molecule has 1 unspecified atom stereocenters. The number of aliphatic carboxylic acids is 1. The minimum Gasteiger partial charge on any atom is -0.481 e. The van der Waals surface area contributed by atoms with Crippen molar-refractivity contribution in [2.75, 3.05) is 0 Å². The Bertz CT molecular complexity index is 889. The number of thiophene rings is 1. The molecule has 148 valence electrons. The van der Waals surface area contributed by atoms with Crippen LogP contribution in [0.1, 0.15) is 54.4 Å². The lowest BCUT2D eigenvalue weighted by molar-refractivity contribution is -0.143. The van der Waals surface area contributed by atoms with Crippen LogP contribution in [0.3, 0.4) is 0 Å². The molecule has 0 bridgehead atoms. The Morgan fingerprint density at radius 2 is 1.96 bits per heavy atom. The second-order valence-electron chi connectivity index (χ2n) is 8.05. The quantitative estimate of drug-likeness (QED) is 0.569. The van der Waals surface area contributed by atoms with E-state index in [-0.39, 0.29) is 30.0 Å². The van der Waals surface area contributed by atoms with Gasteiger partial charge in [-0.1, -0.05) is 48.2 Å². The Kier molecular flexibility index (Phi) is 5.82. The van der Waals surface area contributed by atoms with Crippen molar-refractivity contribution in [3.8, 4) is 0 Å². The van der Waals surface area contributed by atoms with Crippen LogP contribution in [0.25, 0.3) is 0 Å². The third-order valence-corrected chi connectivity index (χ3v) is 7.65. The molecule has 2 aliphatic carbocycles. The number of ketones is 1. The number of carbonyl (C=O) groups excluding carboxylic acids is 1. The molecule has 3 nitrogen and oxygen atoms in total. The molecule has 6 heteroatoms. The van der Waals surface area contributed by atoms with Gasteiger partial charge in [0.15, 0.2) is 0 Å². The van der Waals surface area contributed by atoms with Crippen molar-refractivity contribution in [2.45, 2.75) is 43.9 Å². The number of halogens is 2. The highest BCUT2D eigenvalue weighted by Crippen LogP contribution is 2.54. The maximum atomic E-state index is 13.3. The van der Waals surface area contributed by atoms with E-state index in [9.17, 15) is 14.7 Å². The molecule has 4 rings (SSSR count). The van der Waals surface area contributed by atoms with Crippen molar-refractivity contribution in [2.24, 2.45) is 17.8 Å². The molecule has 28 heavy (non-hydrogen) atoms. The van der Waals surface area contributed by atoms with Crippen LogP contribution >= 0.6 is 34.5 Å². The van der Waals surface area contributed by atoms with Gasteiger partial charge >= 0.3 is 5.97 Å². The molecule has 0 aliphatic heterocycles. The molecule has 0 amide bonds. The SMILES string of the molecule is O=C(O)C[C@H]1C[C@H](c2cccc(Cl)c2)[C@@H](c2ccc(Cl)s2)C(CC2CC2)C1=O. The molecule has 1 heterocycles. The molecule has 0 saturated heterocycles. The zero-order valence-electron chi connectivity index (χ0n) is 15.3. The molecule has 2 saturated carbocycles. The Labute approximate surface area is 178 Å². The maximum absolute atomic E-state index is 13.3. The average Bonchev–Trinajstić information content (AvgIpc) is 3.36. The summed E-state index contributed by atoms with van der Waals surface area (Å²) in [5.41, 5.74) is 1.07. The predicted octanol–water partition coefficient (Wildman–Crippen LogP) is 6.40. The van der Waals surface area contributed by atoms with E-state index in [0.717, 1.165) is 29.7 Å². The van der Waals surface area contributed by atoms with Crippen LogP contribution in [-0.4, -0.2) is 16.9 Å². The van der Waals surface area contributed by atoms with Crippen LogP contribution in [0.5, 0.6) is 0 Å². The largest absolute Gasteiger partial charge is 0.481 e. The number of carbonyl (C=O) groups is 2. The summed E-state index contributed by atoms with van der Waals surface area (Å²) < 4.78 is 0.713. The molecule has 0 spiro atoms. The van der Waals surface area contributed by atoms with E-state index in [1.54, 1.807) is 0 Å². The normalized spacial score (nSPS) is 27.7. The lowest BCUT2D eigenvalue weighted by Crippen LogP contribution is -2.39. The number of rotatable bonds is 6. The van der Waals surface area contributed by atoms with Crippen molar-refractivity contribution in [1.29, 1.82) is 0 Å². The first-order chi connectivity index (χ1) is 13.4. The third-order valence-electron chi connectivity index (χ3n) is 6.08. The minimum absolute atomic E-state index is 0.0223. The van der Waals surface area contributed by atoms with Crippen LogP contribution < -0.4 is 0 Å². The van der Waals surface area contributed by atoms with Crippen LogP contribution in [0.15, 0.2) is 36.4 Å². The van der Waals surface area contributed by atoms with Crippen molar-refractivity contribution in [1.82, 2.24) is 0 Å². The number of Topliss-reactive ketones (excluding diaryl/α,β-unsaturated/α-hetero) is 1. The van der Waals surface area contributed by atoms with Gasteiger partial charge in [-0.15, -0.1) is 11.3 Å². The first-order valence-corrected chi connectivity index (χ1v) is 11.3. The molecule has 2 aliphatic rings. The minimum atomic E-state index is -0.911. The summed E-state index contributed by atoms with van der Waals surface area (Å²) in [7, 11) is 0. The number of carboxylic acid groups (broad SMARTS) is 1. The highest BCUT2D eigenvalue weighted by molar-refractivity contribution is 7.16. The monoisotopic (exact) mass is 436 g/mol. The molecule has 2 fully saturated rings. The molecular formula is C22H22Cl2O3S. The summed E-state index contributed by atoms with van der Waals surface area (Å²) in [5, 5.41) is 10.0. The molecular weight excluding hydrogens is 415 g/mol. The second kappa shape index (κ2) is 8.17. The summed E-state index contributed by atoms with van der Waals surface area (Å²) in [5.74, 6) is -0.752. The van der Waals surface area contributed by atoms with Gasteiger partial charge in [0.1, 0.15) is 5.78 Å². The lowest BCUT2D eigenvalue weighted by atomic mass is 9.62. The average molecular weight is 437 g/mol. The number of carboxylic acids is 1. The predicted molar refractivity (Wildman–Crippen MR) is 112 cm³/mol. The Balaban J connectivity index is 1.77. The fourth-order valence-corrected chi connectivity index (χ4v) is 6.18. The van der Waals surface area contributed by atoms with Crippen LogP contribution in [0.4, 0.5) is 0 Å². The van der Waals surface area contributed by atoms with Gasteiger partial charge in [-0.3, -0.25) is 9.59 Å². The van der Waals surface area contributed by atoms with E-state index in [1.807, 2.05) is 36.4 Å². The van der Waals surface area contributed by atoms with Crippen molar-refractivity contribution in [3.63, 3.8) is 0 Å². The smallest absolute Gasteiger partial charge is 0.304 e. The van der Waals surface area contributed by atoms with Crippen LogP contribution in [-0.2, 0) is 9.59 Å². The van der Waals surface area contributed by atoms with E-state index >= 15 is 0 Å². The molecule has 0 radical (unpaired) electrons. The number of hydrogen-bond donors (Lipinski definition) is 1. The van der Waals surface area contributed by atoms with Gasteiger partial charge in [0.05, 0.1) is 10.8 Å². The molecule has 1 aromatic heterocycles. The standard InChI is InChI=1S/C22H22Cl2O3S/c23-15-3-1-2-13(9-15)16-10-14(11-20(25)26)22(27)17(8-12-4-5-12)21(16)18-6-7-19(24)28-18/h1-3,6-7,9,12,14,16-17,21H,4-5,8,10-11H2,(H,25,26)/t14-,16-,17?,21-/m1/s1. The lowest BCUT2D eigenvalue weighted by Gasteiger charge is -2.41. The van der Waals surface area contributed by atoms with Crippen molar-refractivity contribution < 1.29 is 14.7 Å². The van der Waals surface area contributed by atoms with Gasteiger partial charge in [-0.2, -0.15) is 0 Å². The van der Waals surface area contributed by atoms with E-state index in [4.69, 9.17) is 23.2 Å². The Morgan fingerprint density at radius 3 is 2.57 bits per heavy atom. The van der Waals surface area contributed by atoms with E-state index in [1.165, 1.54) is 11.3 Å². The van der Waals surface area contributed by atoms with Gasteiger partial charge in [-0.05, 0) is 54.5 Å². The molecule has 4 atom stereocenters. The maximum Gasteiger partial charge on any atom is 0.304 e. The molecule has 1 N–H and O–H groups in total. The van der Waals surface area contributed by atoms with E-state index < -0.39 is 11.9 Å². The fraction of sp³-hybridized carbons (Fsp3) is 0.455. The van der Waals surface area contributed by atoms with Gasteiger partial charge in [0, 0.05) is 27.7 Å². The Hall–Kier alpha value is -1.36. The second-order valence-corrected chi connectivity index (χ2v) is 10.2. The van der Waals surface area contributed by atoms with Crippen LogP contribution in [0.2, 0.25) is 9.36 Å². The summed E-state index contributed by atoms with van der Waals surface area (Å²) in [6.45, 7) is 0. The van der Waals surface area contributed by atoms with Crippen molar-refractivity contribution >= 4 is 46.3 Å². The van der Waals surface area contributed by atoms with Gasteiger partial charge in [0.2, 0.25) is 0 Å². The van der Waals surface area contributed by atoms with Gasteiger partial charge < -0.3 is 5.11 Å². The summed E-state index contributed by atoms with van der Waals surface area (Å²) in [6.07, 6.45) is 3.59. The highest BCUT2D eigenvalue weighted by Gasteiger charge is 2.47. The van der Waals surface area contributed by atoms with Crippen LogP contribution in [0, 0.1) is 17.8 Å². The fourth-order valence-electron chi connectivity index (χ4n) is 4.68. The summed E-state index contributed by atoms with van der Waals surface area (Å²) >= 11 is 14.0. The molecule has 1 aromatic carbocycles. The number of hydrogen-bond acceptors (Lipinski definition) is 3. The van der Waals surface area contributed by atoms with E-state index in [0.29, 0.717) is 21.7 Å².